The summed E-state index contributed by atoms with van der Waals surface area (Å²) in [7, 11) is 0. The number of aromatic hydroxyl groups is 2. The third-order valence-corrected chi connectivity index (χ3v) is 2.01. The number of aliphatic hydroxyl groups excluding tert-OH is 1. The highest BCUT2D eigenvalue weighted by Crippen LogP contribution is 2.27. The molecule has 78 valence electrons. The molecule has 0 aromatic heterocycles. The fourth-order valence-electron chi connectivity index (χ4n) is 1.07. The van der Waals surface area contributed by atoms with Gasteiger partial charge in [-0.1, -0.05) is 12.1 Å². The van der Waals surface area contributed by atoms with Crippen molar-refractivity contribution in [2.45, 2.75) is 19.5 Å². The lowest BCUT2D eigenvalue weighted by Gasteiger charge is -2.11. The summed E-state index contributed by atoms with van der Waals surface area (Å²) in [5, 5.41) is 30.4. The van der Waals surface area contributed by atoms with Crippen LogP contribution < -0.4 is 5.32 Å². The van der Waals surface area contributed by atoms with Crippen molar-refractivity contribution in [3.63, 3.8) is 0 Å². The number of benzene rings is 1. The van der Waals surface area contributed by atoms with Crippen molar-refractivity contribution < 1.29 is 15.3 Å². The van der Waals surface area contributed by atoms with E-state index < -0.39 is 0 Å². The van der Waals surface area contributed by atoms with Crippen LogP contribution in [0.1, 0.15) is 12.5 Å². The van der Waals surface area contributed by atoms with Crippen LogP contribution in [0.2, 0.25) is 0 Å². The molecule has 1 aromatic rings. The first-order valence-corrected chi connectivity index (χ1v) is 4.49. The minimum atomic E-state index is -0.124. The van der Waals surface area contributed by atoms with Gasteiger partial charge in [0.2, 0.25) is 0 Å². The van der Waals surface area contributed by atoms with Gasteiger partial charge in [-0.15, -0.1) is 0 Å². The summed E-state index contributed by atoms with van der Waals surface area (Å²) >= 11 is 0. The van der Waals surface area contributed by atoms with Gasteiger partial charge in [0, 0.05) is 18.2 Å². The fourth-order valence-corrected chi connectivity index (χ4v) is 1.07. The molecule has 14 heavy (non-hydrogen) atoms. The van der Waals surface area contributed by atoms with E-state index in [0.29, 0.717) is 12.1 Å². The third-order valence-electron chi connectivity index (χ3n) is 2.01. The minimum absolute atomic E-state index is 0.0308. The lowest BCUT2D eigenvalue weighted by Crippen LogP contribution is -2.28. The lowest BCUT2D eigenvalue weighted by atomic mass is 10.2. The Hall–Kier alpha value is -1.26. The second-order valence-electron chi connectivity index (χ2n) is 3.25. The highest BCUT2D eigenvalue weighted by Gasteiger charge is 2.06. The Morgan fingerprint density at radius 2 is 2.07 bits per heavy atom. The molecule has 4 N–H and O–H groups in total. The molecular weight excluding hydrogens is 182 g/mol. The van der Waals surface area contributed by atoms with Gasteiger partial charge in [0.15, 0.2) is 11.5 Å². The third kappa shape index (κ3) is 2.61. The monoisotopic (exact) mass is 197 g/mol. The van der Waals surface area contributed by atoms with Crippen LogP contribution in [0.5, 0.6) is 11.5 Å². The van der Waals surface area contributed by atoms with E-state index in [4.69, 9.17) is 5.11 Å². The summed E-state index contributed by atoms with van der Waals surface area (Å²) in [5.74, 6) is -0.230. The molecule has 0 saturated heterocycles. The predicted molar refractivity (Wildman–Crippen MR) is 53.2 cm³/mol. The normalized spacial score (nSPS) is 12.7. The van der Waals surface area contributed by atoms with E-state index in [2.05, 4.69) is 5.32 Å². The molecule has 0 spiro atoms. The van der Waals surface area contributed by atoms with Gasteiger partial charge in [-0.3, -0.25) is 0 Å². The van der Waals surface area contributed by atoms with Gasteiger partial charge in [-0.25, -0.2) is 0 Å². The van der Waals surface area contributed by atoms with Gasteiger partial charge in [-0.05, 0) is 13.0 Å². The first kappa shape index (κ1) is 10.8. The van der Waals surface area contributed by atoms with Crippen LogP contribution in [0.4, 0.5) is 0 Å². The van der Waals surface area contributed by atoms with E-state index in [-0.39, 0.29) is 24.1 Å². The molecule has 0 unspecified atom stereocenters. The van der Waals surface area contributed by atoms with Crippen molar-refractivity contribution >= 4 is 0 Å². The van der Waals surface area contributed by atoms with E-state index in [1.165, 1.54) is 6.07 Å². The maximum Gasteiger partial charge on any atom is 0.161 e. The van der Waals surface area contributed by atoms with Crippen LogP contribution in [-0.2, 0) is 6.54 Å². The average Bonchev–Trinajstić information content (AvgIpc) is 2.20. The first-order valence-electron chi connectivity index (χ1n) is 4.49. The van der Waals surface area contributed by atoms with Gasteiger partial charge in [-0.2, -0.15) is 0 Å². The smallest absolute Gasteiger partial charge is 0.161 e. The molecule has 0 aliphatic carbocycles. The molecule has 0 heterocycles. The molecule has 0 bridgehead atoms. The van der Waals surface area contributed by atoms with E-state index >= 15 is 0 Å². The molecule has 0 saturated carbocycles. The Morgan fingerprint density at radius 3 is 2.71 bits per heavy atom. The highest BCUT2D eigenvalue weighted by molar-refractivity contribution is 5.44. The van der Waals surface area contributed by atoms with Crippen molar-refractivity contribution in [3.05, 3.63) is 23.8 Å². The van der Waals surface area contributed by atoms with Gasteiger partial charge >= 0.3 is 0 Å². The SMILES string of the molecule is C[C@H](CO)NCc1cccc(O)c1O. The summed E-state index contributed by atoms with van der Waals surface area (Å²) in [6, 6.07) is 4.77. The molecule has 4 nitrogen and oxygen atoms in total. The number of nitrogens with one attached hydrogen (secondary N) is 1. The summed E-state index contributed by atoms with van der Waals surface area (Å²) in [5.41, 5.74) is 0.616. The second-order valence-corrected chi connectivity index (χ2v) is 3.25. The Balaban J connectivity index is 2.63. The zero-order valence-corrected chi connectivity index (χ0v) is 8.07. The van der Waals surface area contributed by atoms with Gasteiger partial charge in [0.25, 0.3) is 0 Å². The number of para-hydroxylation sites is 1. The molecule has 0 fully saturated rings. The number of phenols is 2. The summed E-state index contributed by atoms with van der Waals surface area (Å²) < 4.78 is 0. The summed E-state index contributed by atoms with van der Waals surface area (Å²) in [4.78, 5) is 0. The van der Waals surface area contributed by atoms with Gasteiger partial charge in [0.1, 0.15) is 0 Å². The lowest BCUT2D eigenvalue weighted by molar-refractivity contribution is 0.250. The van der Waals surface area contributed by atoms with Crippen molar-refractivity contribution in [2.24, 2.45) is 0 Å². The maximum atomic E-state index is 9.43. The Morgan fingerprint density at radius 1 is 1.36 bits per heavy atom. The number of rotatable bonds is 4. The predicted octanol–water partition coefficient (Wildman–Crippen LogP) is 0.568. The Kier molecular flexibility index (Phi) is 3.73. The number of aliphatic hydroxyl groups is 1. The van der Waals surface area contributed by atoms with E-state index in [1.54, 1.807) is 12.1 Å². The zero-order chi connectivity index (χ0) is 10.6. The van der Waals surface area contributed by atoms with Gasteiger partial charge in [0.05, 0.1) is 6.61 Å². The maximum absolute atomic E-state index is 9.43. The van der Waals surface area contributed by atoms with Crippen molar-refractivity contribution in [1.29, 1.82) is 0 Å². The van der Waals surface area contributed by atoms with Crippen LogP contribution in [0.25, 0.3) is 0 Å². The fraction of sp³-hybridized carbons (Fsp3) is 0.400. The summed E-state index contributed by atoms with van der Waals surface area (Å²) in [6.45, 7) is 2.29. The first-order chi connectivity index (χ1) is 6.65. The molecule has 1 atom stereocenters. The van der Waals surface area contributed by atoms with Crippen LogP contribution in [-0.4, -0.2) is 28.0 Å². The Bertz CT molecular complexity index is 301. The molecule has 0 aliphatic heterocycles. The van der Waals surface area contributed by atoms with Crippen LogP contribution in [0.15, 0.2) is 18.2 Å². The molecule has 1 aromatic carbocycles. The molecule has 0 amide bonds. The zero-order valence-electron chi connectivity index (χ0n) is 8.07. The largest absolute Gasteiger partial charge is 0.504 e. The molecular formula is C10H15NO3. The molecule has 0 radical (unpaired) electrons. The van der Waals surface area contributed by atoms with E-state index in [0.717, 1.165) is 0 Å². The summed E-state index contributed by atoms with van der Waals surface area (Å²) in [6.07, 6.45) is 0. The second kappa shape index (κ2) is 4.83. The van der Waals surface area contributed by atoms with Gasteiger partial charge < -0.3 is 20.6 Å². The topological polar surface area (TPSA) is 72.7 Å². The van der Waals surface area contributed by atoms with Crippen molar-refractivity contribution in [3.8, 4) is 11.5 Å². The van der Waals surface area contributed by atoms with E-state index in [9.17, 15) is 10.2 Å². The Labute approximate surface area is 82.8 Å². The quantitative estimate of drug-likeness (QED) is 0.532. The number of hydrogen-bond donors (Lipinski definition) is 4. The minimum Gasteiger partial charge on any atom is -0.504 e. The highest BCUT2D eigenvalue weighted by atomic mass is 16.3. The number of phenolic OH excluding ortho intramolecular Hbond substituents is 2. The van der Waals surface area contributed by atoms with Crippen molar-refractivity contribution in [2.75, 3.05) is 6.61 Å². The van der Waals surface area contributed by atoms with E-state index in [1.807, 2.05) is 6.92 Å². The molecule has 4 heteroatoms. The van der Waals surface area contributed by atoms with Crippen LogP contribution in [0, 0.1) is 0 Å². The standard InChI is InChI=1S/C10H15NO3/c1-7(6-12)11-5-8-3-2-4-9(13)10(8)14/h2-4,7,11-14H,5-6H2,1H3/t7-/m1/s1. The van der Waals surface area contributed by atoms with Crippen molar-refractivity contribution in [1.82, 2.24) is 5.32 Å². The average molecular weight is 197 g/mol. The molecule has 1 rings (SSSR count). The molecule has 0 aliphatic rings. The number of hydrogen-bond acceptors (Lipinski definition) is 4. The van der Waals surface area contributed by atoms with Crippen LogP contribution in [0.3, 0.4) is 0 Å². The van der Waals surface area contributed by atoms with Crippen LogP contribution >= 0.6 is 0 Å².